The molecular formula is C17H19Cl2F3N2O5S. The lowest BCUT2D eigenvalue weighted by Crippen LogP contribution is -2.23. The second-order valence-electron chi connectivity index (χ2n) is 5.83. The lowest BCUT2D eigenvalue weighted by Gasteiger charge is -2.14. The minimum atomic E-state index is -5.08. The van der Waals surface area contributed by atoms with E-state index in [1.54, 1.807) is 30.0 Å². The minimum Gasteiger partial charge on any atom is -0.475 e. The summed E-state index contributed by atoms with van der Waals surface area (Å²) in [5.74, 6) is -2.14. The topological polar surface area (TPSA) is 122 Å². The van der Waals surface area contributed by atoms with E-state index in [9.17, 15) is 23.1 Å². The number of carboxylic acid groups (broad SMARTS) is 1. The second kappa shape index (κ2) is 12.3. The molecule has 0 aliphatic carbocycles. The van der Waals surface area contributed by atoms with Crippen LogP contribution >= 0.6 is 35.0 Å². The van der Waals surface area contributed by atoms with Gasteiger partial charge in [-0.2, -0.15) is 13.2 Å². The maximum absolute atomic E-state index is 11.2. The van der Waals surface area contributed by atoms with Gasteiger partial charge in [0.2, 0.25) is 0 Å². The van der Waals surface area contributed by atoms with Crippen molar-refractivity contribution in [1.82, 2.24) is 5.32 Å². The van der Waals surface area contributed by atoms with Crippen LogP contribution in [0, 0.1) is 0 Å². The molecule has 0 saturated carbocycles. The van der Waals surface area contributed by atoms with E-state index in [0.29, 0.717) is 27.8 Å². The number of carbonyl (C=O) groups is 2. The Hall–Kier alpha value is -1.66. The van der Waals surface area contributed by atoms with E-state index in [0.717, 1.165) is 18.7 Å². The van der Waals surface area contributed by atoms with Crippen LogP contribution in [-0.2, 0) is 14.3 Å². The van der Waals surface area contributed by atoms with Crippen molar-refractivity contribution in [3.63, 3.8) is 0 Å². The van der Waals surface area contributed by atoms with E-state index >= 15 is 0 Å². The molecular weight excluding hydrogens is 472 g/mol. The van der Waals surface area contributed by atoms with Gasteiger partial charge in [-0.05, 0) is 42.5 Å². The van der Waals surface area contributed by atoms with E-state index < -0.39 is 18.2 Å². The standard InChI is InChI=1S/C15H18Cl2N2O3S.C2HF3O2/c16-10-6-9(7-11(17)14(10)18)12(20)8-19-3-1-5-23-13-2-4-22-15(13)21;3-2(4,5)1(6)7/h2,4,6-7,12-13,19-20H,1,3,5,8,18H2;(H,6,7). The summed E-state index contributed by atoms with van der Waals surface area (Å²) in [6.07, 6.45) is -1.75. The molecule has 1 aromatic carbocycles. The number of aliphatic carboxylic acids is 1. The molecule has 7 nitrogen and oxygen atoms in total. The van der Waals surface area contributed by atoms with Crippen LogP contribution in [0.4, 0.5) is 18.9 Å². The SMILES string of the molecule is Nc1c(Cl)cc(C(O)CNCCCSC2C=COC2=O)cc1Cl.O=C(O)C(F)(F)F. The van der Waals surface area contributed by atoms with Gasteiger partial charge < -0.3 is 26.0 Å². The average Bonchev–Trinajstić information content (AvgIpc) is 3.06. The van der Waals surface area contributed by atoms with Crippen molar-refractivity contribution in [1.29, 1.82) is 0 Å². The maximum atomic E-state index is 11.2. The number of nitrogens with one attached hydrogen (secondary N) is 1. The van der Waals surface area contributed by atoms with Crippen LogP contribution in [0.15, 0.2) is 24.5 Å². The summed E-state index contributed by atoms with van der Waals surface area (Å²) in [5, 5.41) is 20.9. The molecule has 168 valence electrons. The van der Waals surface area contributed by atoms with Gasteiger partial charge in [-0.25, -0.2) is 4.79 Å². The molecule has 0 bridgehead atoms. The molecule has 1 aliphatic heterocycles. The van der Waals surface area contributed by atoms with Gasteiger partial charge in [0.15, 0.2) is 0 Å². The van der Waals surface area contributed by atoms with Crippen molar-refractivity contribution >= 4 is 52.6 Å². The minimum absolute atomic E-state index is 0.195. The van der Waals surface area contributed by atoms with Crippen LogP contribution in [0.2, 0.25) is 10.0 Å². The number of aliphatic hydroxyl groups is 1. The molecule has 0 spiro atoms. The molecule has 30 heavy (non-hydrogen) atoms. The third-order valence-corrected chi connectivity index (χ3v) is 5.39. The monoisotopic (exact) mass is 490 g/mol. The first kappa shape index (κ1) is 26.4. The fraction of sp³-hybridized carbons (Fsp3) is 0.412. The van der Waals surface area contributed by atoms with Crippen LogP contribution in [0.1, 0.15) is 18.1 Å². The quantitative estimate of drug-likeness (QED) is 0.248. The zero-order valence-electron chi connectivity index (χ0n) is 15.3. The zero-order valence-corrected chi connectivity index (χ0v) is 17.6. The number of nitrogen functional groups attached to an aromatic ring is 1. The number of halogens is 5. The summed E-state index contributed by atoms with van der Waals surface area (Å²) in [7, 11) is 0. The Balaban J connectivity index is 0.000000553. The fourth-order valence-electron chi connectivity index (χ4n) is 2.01. The Labute approximate surface area is 184 Å². The first-order chi connectivity index (χ1) is 13.9. The summed E-state index contributed by atoms with van der Waals surface area (Å²) < 4.78 is 36.5. The number of carbonyl (C=O) groups excluding carboxylic acids is 1. The number of ether oxygens (including phenoxy) is 1. The number of nitrogens with two attached hydrogens (primary N) is 1. The number of benzene rings is 1. The number of cyclic esters (lactones) is 1. The Kier molecular flexibility index (Phi) is 10.8. The van der Waals surface area contributed by atoms with Gasteiger partial charge in [0.1, 0.15) is 5.25 Å². The third kappa shape index (κ3) is 9.00. The molecule has 1 heterocycles. The van der Waals surface area contributed by atoms with Crippen molar-refractivity contribution in [2.24, 2.45) is 0 Å². The van der Waals surface area contributed by atoms with Crippen molar-refractivity contribution in [2.75, 3.05) is 24.6 Å². The number of anilines is 1. The number of alkyl halides is 3. The van der Waals surface area contributed by atoms with E-state index in [-0.39, 0.29) is 11.2 Å². The zero-order chi connectivity index (χ0) is 22.9. The molecule has 2 rings (SSSR count). The number of thioether (sulfide) groups is 1. The Morgan fingerprint density at radius 1 is 1.33 bits per heavy atom. The van der Waals surface area contributed by atoms with Crippen LogP contribution in [0.5, 0.6) is 0 Å². The summed E-state index contributed by atoms with van der Waals surface area (Å²) in [5.41, 5.74) is 6.60. The smallest absolute Gasteiger partial charge is 0.475 e. The van der Waals surface area contributed by atoms with Crippen molar-refractivity contribution in [2.45, 2.75) is 24.0 Å². The second-order valence-corrected chi connectivity index (χ2v) is 7.90. The Morgan fingerprint density at radius 3 is 2.37 bits per heavy atom. The first-order valence-corrected chi connectivity index (χ1v) is 10.2. The molecule has 13 heteroatoms. The average molecular weight is 491 g/mol. The summed E-state index contributed by atoms with van der Waals surface area (Å²) in [6.45, 7) is 1.11. The third-order valence-electron chi connectivity index (χ3n) is 3.53. The van der Waals surface area contributed by atoms with Gasteiger partial charge in [0, 0.05) is 6.54 Å². The van der Waals surface area contributed by atoms with Crippen LogP contribution < -0.4 is 11.1 Å². The predicted octanol–water partition coefficient (Wildman–Crippen LogP) is 3.39. The number of rotatable bonds is 8. The molecule has 5 N–H and O–H groups in total. The largest absolute Gasteiger partial charge is 0.490 e. The highest BCUT2D eigenvalue weighted by Crippen LogP contribution is 2.31. The van der Waals surface area contributed by atoms with E-state index in [1.807, 2.05) is 0 Å². The number of hydrogen-bond acceptors (Lipinski definition) is 7. The van der Waals surface area contributed by atoms with Gasteiger partial charge >= 0.3 is 18.1 Å². The van der Waals surface area contributed by atoms with Crippen molar-refractivity contribution in [3.8, 4) is 0 Å². The van der Waals surface area contributed by atoms with Gasteiger partial charge in [-0.15, -0.1) is 11.8 Å². The summed E-state index contributed by atoms with van der Waals surface area (Å²) >= 11 is 13.4. The van der Waals surface area contributed by atoms with Gasteiger partial charge in [-0.1, -0.05) is 23.2 Å². The maximum Gasteiger partial charge on any atom is 0.490 e. The summed E-state index contributed by atoms with van der Waals surface area (Å²) in [4.78, 5) is 20.1. The fourth-order valence-corrected chi connectivity index (χ4v) is 3.44. The van der Waals surface area contributed by atoms with Gasteiger partial charge in [0.05, 0.1) is 28.1 Å². The molecule has 1 aliphatic rings. The molecule has 2 atom stereocenters. The molecule has 0 radical (unpaired) electrons. The van der Waals surface area contributed by atoms with Gasteiger partial charge in [0.25, 0.3) is 0 Å². The number of hydrogen-bond donors (Lipinski definition) is 4. The summed E-state index contributed by atoms with van der Waals surface area (Å²) in [6, 6.07) is 3.23. The number of esters is 1. The van der Waals surface area contributed by atoms with E-state index in [1.165, 1.54) is 6.26 Å². The first-order valence-electron chi connectivity index (χ1n) is 8.35. The molecule has 0 amide bonds. The van der Waals surface area contributed by atoms with Crippen LogP contribution in [0.25, 0.3) is 0 Å². The number of carboxylic acids is 1. The molecule has 0 saturated heterocycles. The van der Waals surface area contributed by atoms with Crippen molar-refractivity contribution in [3.05, 3.63) is 40.1 Å². The van der Waals surface area contributed by atoms with Crippen LogP contribution in [0.3, 0.4) is 0 Å². The van der Waals surface area contributed by atoms with Crippen molar-refractivity contribution < 1.29 is 37.7 Å². The predicted molar refractivity (Wildman–Crippen MR) is 108 cm³/mol. The highest BCUT2D eigenvalue weighted by Gasteiger charge is 2.38. The van der Waals surface area contributed by atoms with Crippen LogP contribution in [-0.4, -0.2) is 52.4 Å². The molecule has 0 aromatic heterocycles. The normalized spacial score (nSPS) is 16.6. The molecule has 0 fully saturated rings. The Morgan fingerprint density at radius 2 is 1.90 bits per heavy atom. The van der Waals surface area contributed by atoms with E-state index in [4.69, 9.17) is 43.6 Å². The number of aliphatic hydroxyl groups excluding tert-OH is 1. The molecule has 1 aromatic rings. The van der Waals surface area contributed by atoms with Gasteiger partial charge in [-0.3, -0.25) is 4.79 Å². The highest BCUT2D eigenvalue weighted by molar-refractivity contribution is 8.00. The molecule has 2 unspecified atom stereocenters. The lowest BCUT2D eigenvalue weighted by atomic mass is 10.1. The lowest BCUT2D eigenvalue weighted by molar-refractivity contribution is -0.192. The van der Waals surface area contributed by atoms with E-state index in [2.05, 4.69) is 5.32 Å². The Bertz CT molecular complexity index is 757. The highest BCUT2D eigenvalue weighted by atomic mass is 35.5.